The van der Waals surface area contributed by atoms with Crippen LogP contribution in [0, 0.1) is 5.92 Å². The van der Waals surface area contributed by atoms with Crippen molar-refractivity contribution in [1.29, 1.82) is 0 Å². The molecule has 0 aliphatic carbocycles. The molecule has 1 aliphatic rings. The van der Waals surface area contributed by atoms with Gasteiger partial charge in [0.1, 0.15) is 0 Å². The summed E-state index contributed by atoms with van der Waals surface area (Å²) in [5.74, 6) is -0.521. The van der Waals surface area contributed by atoms with Crippen LogP contribution in [-0.4, -0.2) is 32.2 Å². The van der Waals surface area contributed by atoms with Gasteiger partial charge in [-0.15, -0.1) is 0 Å². The summed E-state index contributed by atoms with van der Waals surface area (Å²) in [5, 5.41) is 0. The molecule has 0 aromatic heterocycles. The minimum Gasteiger partial charge on any atom is -0.384 e. The first-order valence-electron chi connectivity index (χ1n) is 4.84. The van der Waals surface area contributed by atoms with Crippen LogP contribution in [0.3, 0.4) is 0 Å². The Morgan fingerprint density at radius 3 is 2.36 bits per heavy atom. The van der Waals surface area contributed by atoms with Crippen LogP contribution < -0.4 is 0 Å². The highest BCUT2D eigenvalue weighted by Gasteiger charge is 2.46. The van der Waals surface area contributed by atoms with Crippen molar-refractivity contribution in [3.05, 3.63) is 0 Å². The predicted octanol–water partition coefficient (Wildman–Crippen LogP) is 1.74. The molecule has 1 aliphatic heterocycles. The molecule has 0 radical (unpaired) electrons. The van der Waals surface area contributed by atoms with Crippen LogP contribution in [0.1, 0.15) is 27.2 Å². The van der Waals surface area contributed by atoms with Crippen molar-refractivity contribution >= 4 is 0 Å². The van der Waals surface area contributed by atoms with E-state index in [-0.39, 0.29) is 11.5 Å². The van der Waals surface area contributed by atoms with Crippen molar-refractivity contribution in [1.82, 2.24) is 0 Å². The molecule has 4 heteroatoms. The summed E-state index contributed by atoms with van der Waals surface area (Å²) in [7, 11) is 3.29. The van der Waals surface area contributed by atoms with Crippen molar-refractivity contribution in [3.63, 3.8) is 0 Å². The Hall–Kier alpha value is -0.160. The number of hydrogen-bond acceptors (Lipinski definition) is 4. The minimum atomic E-state index is -0.703. The van der Waals surface area contributed by atoms with Gasteiger partial charge in [-0.25, -0.2) is 9.78 Å². The van der Waals surface area contributed by atoms with Crippen LogP contribution in [0.2, 0.25) is 0 Å². The highest BCUT2D eigenvalue weighted by molar-refractivity contribution is 4.84. The van der Waals surface area contributed by atoms with Gasteiger partial charge in [0.05, 0.1) is 12.2 Å². The van der Waals surface area contributed by atoms with Crippen LogP contribution in [0.15, 0.2) is 0 Å². The van der Waals surface area contributed by atoms with E-state index in [4.69, 9.17) is 19.2 Å². The molecular weight excluding hydrogens is 184 g/mol. The van der Waals surface area contributed by atoms with Crippen LogP contribution in [0.4, 0.5) is 0 Å². The van der Waals surface area contributed by atoms with Crippen molar-refractivity contribution in [2.24, 2.45) is 5.92 Å². The van der Waals surface area contributed by atoms with E-state index in [0.29, 0.717) is 6.61 Å². The molecule has 0 aromatic carbocycles. The third kappa shape index (κ3) is 2.45. The van der Waals surface area contributed by atoms with E-state index < -0.39 is 5.79 Å². The van der Waals surface area contributed by atoms with Crippen LogP contribution in [0.5, 0.6) is 0 Å². The summed E-state index contributed by atoms with van der Waals surface area (Å²) in [6, 6.07) is 0. The number of hydrogen-bond donors (Lipinski definition) is 0. The molecule has 0 amide bonds. The van der Waals surface area contributed by atoms with Gasteiger partial charge in [0.25, 0.3) is 0 Å². The lowest BCUT2D eigenvalue weighted by molar-refractivity contribution is -0.495. The number of ether oxygens (including phenoxy) is 2. The Bertz CT molecular complexity index is 193. The normalized spacial score (nSPS) is 37.1. The van der Waals surface area contributed by atoms with Gasteiger partial charge in [-0.2, -0.15) is 0 Å². The molecule has 0 bridgehead atoms. The monoisotopic (exact) mass is 204 g/mol. The summed E-state index contributed by atoms with van der Waals surface area (Å²) >= 11 is 0. The highest BCUT2D eigenvalue weighted by Crippen LogP contribution is 2.38. The fraction of sp³-hybridized carbons (Fsp3) is 1.00. The maximum Gasteiger partial charge on any atom is 0.203 e. The molecule has 0 aromatic rings. The molecule has 1 rings (SSSR count). The minimum absolute atomic E-state index is 0.182. The zero-order valence-electron chi connectivity index (χ0n) is 9.62. The van der Waals surface area contributed by atoms with E-state index in [1.165, 1.54) is 0 Å². The van der Waals surface area contributed by atoms with Gasteiger partial charge < -0.3 is 9.47 Å². The number of rotatable bonds is 3. The lowest BCUT2D eigenvalue weighted by atomic mass is 9.87. The lowest BCUT2D eigenvalue weighted by Crippen LogP contribution is -2.51. The van der Waals surface area contributed by atoms with E-state index in [9.17, 15) is 0 Å². The van der Waals surface area contributed by atoms with Gasteiger partial charge in [-0.3, -0.25) is 0 Å². The molecule has 1 fully saturated rings. The molecule has 4 nitrogen and oxygen atoms in total. The molecule has 0 unspecified atom stereocenters. The van der Waals surface area contributed by atoms with Gasteiger partial charge in [0, 0.05) is 20.1 Å². The molecule has 2 atom stereocenters. The highest BCUT2D eigenvalue weighted by atomic mass is 17.2. The standard InChI is InChI=1S/C10H20O4/c1-9(2)6-8(7-11-4)10(3,12-5)14-13-9/h8H,6-7H2,1-5H3/t8-,10+/m1/s1. The van der Waals surface area contributed by atoms with Gasteiger partial charge in [0.15, 0.2) is 0 Å². The zero-order chi connectivity index (χ0) is 10.8. The Morgan fingerprint density at radius 2 is 1.86 bits per heavy atom. The summed E-state index contributed by atoms with van der Waals surface area (Å²) in [5.41, 5.74) is -0.277. The van der Waals surface area contributed by atoms with Crippen LogP contribution >= 0.6 is 0 Å². The van der Waals surface area contributed by atoms with Crippen molar-refractivity contribution < 1.29 is 19.2 Å². The second-order valence-electron chi connectivity index (χ2n) is 4.50. The van der Waals surface area contributed by atoms with E-state index in [1.807, 2.05) is 20.8 Å². The molecule has 1 heterocycles. The average Bonchev–Trinajstić information content (AvgIpc) is 2.12. The summed E-state index contributed by atoms with van der Waals surface area (Å²) in [6.45, 7) is 6.46. The van der Waals surface area contributed by atoms with Gasteiger partial charge in [0.2, 0.25) is 5.79 Å². The fourth-order valence-corrected chi connectivity index (χ4v) is 1.69. The van der Waals surface area contributed by atoms with Gasteiger partial charge in [-0.05, 0) is 27.2 Å². The Labute approximate surface area is 85.4 Å². The first kappa shape index (κ1) is 11.9. The smallest absolute Gasteiger partial charge is 0.203 e. The zero-order valence-corrected chi connectivity index (χ0v) is 9.62. The SMILES string of the molecule is COC[C@H]1CC(C)(C)OO[C@]1(C)OC. The first-order valence-corrected chi connectivity index (χ1v) is 4.84. The number of methoxy groups -OCH3 is 2. The largest absolute Gasteiger partial charge is 0.384 e. The van der Waals surface area contributed by atoms with Crippen molar-refractivity contribution in [3.8, 4) is 0 Å². The predicted molar refractivity (Wildman–Crippen MR) is 51.6 cm³/mol. The van der Waals surface area contributed by atoms with Crippen LogP contribution in [0.25, 0.3) is 0 Å². The summed E-state index contributed by atoms with van der Waals surface area (Å²) in [4.78, 5) is 10.6. The van der Waals surface area contributed by atoms with Crippen molar-refractivity contribution in [2.45, 2.75) is 38.6 Å². The van der Waals surface area contributed by atoms with Gasteiger partial charge >= 0.3 is 0 Å². The maximum absolute atomic E-state index is 5.31. The lowest BCUT2D eigenvalue weighted by Gasteiger charge is -2.44. The Morgan fingerprint density at radius 1 is 1.21 bits per heavy atom. The summed E-state index contributed by atoms with van der Waals surface area (Å²) in [6.07, 6.45) is 0.852. The Balaban J connectivity index is 2.70. The van der Waals surface area contributed by atoms with E-state index in [1.54, 1.807) is 14.2 Å². The first-order chi connectivity index (χ1) is 6.43. The van der Waals surface area contributed by atoms with E-state index in [2.05, 4.69) is 0 Å². The third-order valence-electron chi connectivity index (χ3n) is 2.69. The molecule has 1 saturated heterocycles. The molecule has 0 N–H and O–H groups in total. The Kier molecular flexibility index (Phi) is 3.53. The topological polar surface area (TPSA) is 36.9 Å². The van der Waals surface area contributed by atoms with Crippen LogP contribution in [-0.2, 0) is 19.2 Å². The molecule has 14 heavy (non-hydrogen) atoms. The maximum atomic E-state index is 5.31. The van der Waals surface area contributed by atoms with Gasteiger partial charge in [-0.1, -0.05) is 0 Å². The van der Waals surface area contributed by atoms with E-state index >= 15 is 0 Å². The van der Waals surface area contributed by atoms with E-state index in [0.717, 1.165) is 6.42 Å². The van der Waals surface area contributed by atoms with Crippen molar-refractivity contribution in [2.75, 3.05) is 20.8 Å². The quantitative estimate of drug-likeness (QED) is 0.656. The summed E-state index contributed by atoms with van der Waals surface area (Å²) < 4.78 is 10.5. The third-order valence-corrected chi connectivity index (χ3v) is 2.69. The molecule has 0 spiro atoms. The second kappa shape index (κ2) is 4.14. The molecule has 84 valence electrons. The molecule has 0 saturated carbocycles. The fourth-order valence-electron chi connectivity index (χ4n) is 1.69. The second-order valence-corrected chi connectivity index (χ2v) is 4.50. The average molecular weight is 204 g/mol. The molecular formula is C10H20O4.